The Kier molecular flexibility index (Phi) is 4.89. The Morgan fingerprint density at radius 3 is 2.55 bits per heavy atom. The van der Waals surface area contributed by atoms with Gasteiger partial charge in [0.05, 0.1) is 0 Å². The molecule has 6 heteroatoms. The van der Waals surface area contributed by atoms with E-state index in [1.165, 1.54) is 4.90 Å². The molecule has 1 aliphatic rings. The van der Waals surface area contributed by atoms with Crippen molar-refractivity contribution in [1.82, 2.24) is 4.90 Å². The van der Waals surface area contributed by atoms with E-state index in [9.17, 15) is 9.59 Å². The minimum atomic E-state index is -0.977. The zero-order chi connectivity index (χ0) is 14.7. The van der Waals surface area contributed by atoms with Gasteiger partial charge in [0.1, 0.15) is 6.54 Å². The first-order valence-corrected chi connectivity index (χ1v) is 7.18. The molecule has 0 saturated heterocycles. The Morgan fingerprint density at radius 1 is 1.30 bits per heavy atom. The van der Waals surface area contributed by atoms with Crippen LogP contribution in [0.1, 0.15) is 24.8 Å². The van der Waals surface area contributed by atoms with Gasteiger partial charge in [-0.15, -0.1) is 0 Å². The van der Waals surface area contributed by atoms with E-state index in [2.05, 4.69) is 0 Å². The lowest BCUT2D eigenvalue weighted by atomic mass is 10.1. The van der Waals surface area contributed by atoms with Gasteiger partial charge in [-0.25, -0.2) is 0 Å². The third-order valence-electron chi connectivity index (χ3n) is 3.24. The molecule has 108 valence electrons. The highest BCUT2D eigenvalue weighted by Crippen LogP contribution is 2.28. The van der Waals surface area contributed by atoms with Crippen molar-refractivity contribution in [1.29, 1.82) is 0 Å². The Balaban J connectivity index is 1.94. The Bertz CT molecular complexity index is 529. The van der Waals surface area contributed by atoms with Crippen molar-refractivity contribution >= 4 is 35.1 Å². The zero-order valence-electron chi connectivity index (χ0n) is 10.8. The highest BCUT2D eigenvalue weighted by molar-refractivity contribution is 6.35. The normalized spacial score (nSPS) is 14.1. The van der Waals surface area contributed by atoms with E-state index in [1.54, 1.807) is 18.2 Å². The summed E-state index contributed by atoms with van der Waals surface area (Å²) in [5, 5.41) is 9.92. The number of hydrogen-bond acceptors (Lipinski definition) is 2. The Labute approximate surface area is 127 Å². The number of benzene rings is 1. The lowest BCUT2D eigenvalue weighted by molar-refractivity contribution is -0.144. The molecule has 1 amide bonds. The molecular formula is C14H15Cl2NO3. The van der Waals surface area contributed by atoms with E-state index in [-0.39, 0.29) is 24.9 Å². The largest absolute Gasteiger partial charge is 0.480 e. The maximum Gasteiger partial charge on any atom is 0.323 e. The molecule has 1 aromatic carbocycles. The fraction of sp³-hybridized carbons (Fsp3) is 0.429. The van der Waals surface area contributed by atoms with E-state index in [0.29, 0.717) is 16.5 Å². The summed E-state index contributed by atoms with van der Waals surface area (Å²) >= 11 is 11.9. The summed E-state index contributed by atoms with van der Waals surface area (Å²) in [5.74, 6) is -1.12. The third-order valence-corrected chi connectivity index (χ3v) is 3.82. The molecule has 1 aliphatic carbocycles. The van der Waals surface area contributed by atoms with Gasteiger partial charge in [-0.2, -0.15) is 0 Å². The van der Waals surface area contributed by atoms with Crippen molar-refractivity contribution < 1.29 is 14.7 Å². The molecule has 0 spiro atoms. The lowest BCUT2D eigenvalue weighted by Crippen LogP contribution is -2.37. The van der Waals surface area contributed by atoms with Crippen molar-refractivity contribution in [3.63, 3.8) is 0 Å². The molecule has 1 aromatic rings. The van der Waals surface area contributed by atoms with E-state index in [0.717, 1.165) is 18.4 Å². The van der Waals surface area contributed by atoms with E-state index in [4.69, 9.17) is 28.3 Å². The first-order chi connectivity index (χ1) is 9.47. The maximum absolute atomic E-state index is 12.1. The molecule has 1 saturated carbocycles. The van der Waals surface area contributed by atoms with E-state index < -0.39 is 5.97 Å². The van der Waals surface area contributed by atoms with Crippen LogP contribution in [0.15, 0.2) is 18.2 Å². The molecule has 4 nitrogen and oxygen atoms in total. The molecule has 0 radical (unpaired) electrons. The number of aliphatic carboxylic acids is 1. The Morgan fingerprint density at radius 2 is 2.00 bits per heavy atom. The standard InChI is InChI=1S/C14H15Cl2NO3/c15-10-3-1-9(12(16)7-10)2-6-13(18)17(8-14(19)20)11-4-5-11/h1,3,7,11H,2,4-6,8H2,(H,19,20). The van der Waals surface area contributed by atoms with Gasteiger partial charge in [-0.05, 0) is 37.0 Å². The van der Waals surface area contributed by atoms with Crippen LogP contribution in [0, 0.1) is 0 Å². The van der Waals surface area contributed by atoms with Crippen LogP contribution in [0.25, 0.3) is 0 Å². The van der Waals surface area contributed by atoms with Gasteiger partial charge in [0, 0.05) is 22.5 Å². The van der Waals surface area contributed by atoms with Gasteiger partial charge < -0.3 is 10.0 Å². The monoisotopic (exact) mass is 315 g/mol. The molecule has 2 rings (SSSR count). The number of nitrogens with zero attached hydrogens (tertiary/aromatic N) is 1. The van der Waals surface area contributed by atoms with Crippen molar-refractivity contribution in [2.75, 3.05) is 6.54 Å². The molecule has 1 N–H and O–H groups in total. The van der Waals surface area contributed by atoms with Crippen LogP contribution in [0.4, 0.5) is 0 Å². The van der Waals surface area contributed by atoms with Crippen LogP contribution in [-0.2, 0) is 16.0 Å². The van der Waals surface area contributed by atoms with Crippen LogP contribution < -0.4 is 0 Å². The van der Waals surface area contributed by atoms with Gasteiger partial charge >= 0.3 is 5.97 Å². The summed E-state index contributed by atoms with van der Waals surface area (Å²) in [4.78, 5) is 24.3. The molecule has 1 fully saturated rings. The van der Waals surface area contributed by atoms with Gasteiger partial charge in [0.2, 0.25) is 5.91 Å². The maximum atomic E-state index is 12.1. The second-order valence-electron chi connectivity index (χ2n) is 4.88. The molecule has 0 unspecified atom stereocenters. The fourth-order valence-corrected chi connectivity index (χ4v) is 2.57. The number of amides is 1. The number of carboxylic acids is 1. The predicted octanol–water partition coefficient (Wildman–Crippen LogP) is 3.00. The van der Waals surface area contributed by atoms with Crippen LogP contribution in [0.5, 0.6) is 0 Å². The zero-order valence-corrected chi connectivity index (χ0v) is 12.3. The quantitative estimate of drug-likeness (QED) is 0.878. The highest BCUT2D eigenvalue weighted by Gasteiger charge is 2.33. The topological polar surface area (TPSA) is 57.6 Å². The summed E-state index contributed by atoms with van der Waals surface area (Å²) in [5.41, 5.74) is 0.843. The molecule has 0 heterocycles. The minimum absolute atomic E-state index is 0.0966. The van der Waals surface area contributed by atoms with Gasteiger partial charge in [-0.3, -0.25) is 9.59 Å². The summed E-state index contributed by atoms with van der Waals surface area (Å²) < 4.78 is 0. The fourth-order valence-electron chi connectivity index (χ4n) is 2.06. The average Bonchev–Trinajstić information content (AvgIpc) is 3.18. The van der Waals surface area contributed by atoms with Crippen LogP contribution >= 0.6 is 23.2 Å². The number of carbonyl (C=O) groups is 2. The van der Waals surface area contributed by atoms with Crippen molar-refractivity contribution in [3.05, 3.63) is 33.8 Å². The molecule has 0 bridgehead atoms. The van der Waals surface area contributed by atoms with Gasteiger partial charge in [-0.1, -0.05) is 29.3 Å². The second kappa shape index (κ2) is 6.46. The Hall–Kier alpha value is -1.26. The van der Waals surface area contributed by atoms with Gasteiger partial charge in [0.15, 0.2) is 0 Å². The van der Waals surface area contributed by atoms with E-state index in [1.807, 2.05) is 0 Å². The lowest BCUT2D eigenvalue weighted by Gasteiger charge is -2.20. The third kappa shape index (κ3) is 4.12. The molecule has 0 atom stereocenters. The smallest absolute Gasteiger partial charge is 0.323 e. The molecule has 0 aromatic heterocycles. The van der Waals surface area contributed by atoms with Crippen LogP contribution in [0.3, 0.4) is 0 Å². The number of hydrogen-bond donors (Lipinski definition) is 1. The first-order valence-electron chi connectivity index (χ1n) is 6.42. The number of aryl methyl sites for hydroxylation is 1. The van der Waals surface area contributed by atoms with Crippen LogP contribution in [-0.4, -0.2) is 34.5 Å². The van der Waals surface area contributed by atoms with Gasteiger partial charge in [0.25, 0.3) is 0 Å². The molecular weight excluding hydrogens is 301 g/mol. The number of halogens is 2. The van der Waals surface area contributed by atoms with Crippen molar-refractivity contribution in [2.24, 2.45) is 0 Å². The summed E-state index contributed by atoms with van der Waals surface area (Å²) in [6, 6.07) is 5.25. The number of rotatable bonds is 6. The minimum Gasteiger partial charge on any atom is -0.480 e. The molecule has 20 heavy (non-hydrogen) atoms. The summed E-state index contributed by atoms with van der Waals surface area (Å²) in [6.45, 7) is -0.224. The van der Waals surface area contributed by atoms with Crippen molar-refractivity contribution in [3.8, 4) is 0 Å². The van der Waals surface area contributed by atoms with Crippen LogP contribution in [0.2, 0.25) is 10.0 Å². The second-order valence-corrected chi connectivity index (χ2v) is 5.73. The summed E-state index contributed by atoms with van der Waals surface area (Å²) in [6.07, 6.45) is 2.52. The molecule has 0 aliphatic heterocycles. The van der Waals surface area contributed by atoms with E-state index >= 15 is 0 Å². The number of carboxylic acid groups (broad SMARTS) is 1. The first kappa shape index (κ1) is 15.1. The van der Waals surface area contributed by atoms with Crippen molar-refractivity contribution in [2.45, 2.75) is 31.7 Å². The highest BCUT2D eigenvalue weighted by atomic mass is 35.5. The predicted molar refractivity (Wildman–Crippen MR) is 77.2 cm³/mol. The summed E-state index contributed by atoms with van der Waals surface area (Å²) in [7, 11) is 0. The number of carbonyl (C=O) groups excluding carboxylic acids is 1. The average molecular weight is 316 g/mol. The SMILES string of the molecule is O=C(O)CN(C(=O)CCc1ccc(Cl)cc1Cl)C1CC1.